The van der Waals surface area contributed by atoms with Gasteiger partial charge in [0.05, 0.1) is 25.7 Å². The number of methoxy groups -OCH3 is 1. The molecule has 0 unspecified atom stereocenters. The Bertz CT molecular complexity index is 183. The van der Waals surface area contributed by atoms with Crippen molar-refractivity contribution < 1.29 is 14.3 Å². The molecular weight excluding hydrogens is 168 g/mol. The van der Waals surface area contributed by atoms with E-state index in [2.05, 4.69) is 4.74 Å². The minimum Gasteiger partial charge on any atom is -0.469 e. The third-order valence-electron chi connectivity index (χ3n) is 1.65. The zero-order chi connectivity index (χ0) is 10.3. The van der Waals surface area contributed by atoms with E-state index in [0.29, 0.717) is 13.2 Å². The highest BCUT2D eigenvalue weighted by Gasteiger charge is 2.28. The molecule has 0 heterocycles. The lowest BCUT2D eigenvalue weighted by molar-refractivity contribution is -0.153. The van der Waals surface area contributed by atoms with Crippen LogP contribution < -0.4 is 0 Å². The predicted octanol–water partition coefficient (Wildman–Crippen LogP) is 1.78. The number of allylic oxidation sites excluding steroid dienone is 1. The number of ether oxygens (including phenoxy) is 2. The largest absolute Gasteiger partial charge is 0.469 e. The molecule has 0 fully saturated rings. The number of carbonyl (C=O) groups is 1. The Morgan fingerprint density at radius 2 is 2.08 bits per heavy atom. The molecule has 0 amide bonds. The summed E-state index contributed by atoms with van der Waals surface area (Å²) < 4.78 is 9.91. The van der Waals surface area contributed by atoms with Crippen molar-refractivity contribution >= 4 is 5.97 Å². The van der Waals surface area contributed by atoms with Crippen LogP contribution in [0.1, 0.15) is 20.8 Å². The summed E-state index contributed by atoms with van der Waals surface area (Å²) in [4.78, 5) is 11.2. The van der Waals surface area contributed by atoms with Gasteiger partial charge in [-0.25, -0.2) is 0 Å². The number of rotatable bonds is 5. The number of hydrogen-bond acceptors (Lipinski definition) is 3. The fraction of sp³-hybridized carbons (Fsp3) is 0.700. The normalized spacial score (nSPS) is 12.0. The van der Waals surface area contributed by atoms with Gasteiger partial charge in [-0.3, -0.25) is 4.79 Å². The van der Waals surface area contributed by atoms with Gasteiger partial charge in [0.25, 0.3) is 0 Å². The first-order chi connectivity index (χ1) is 6.04. The molecule has 0 aliphatic heterocycles. The molecule has 0 rings (SSSR count). The summed E-state index contributed by atoms with van der Waals surface area (Å²) in [5.74, 6) is -0.243. The van der Waals surface area contributed by atoms with Gasteiger partial charge in [0, 0.05) is 0 Å². The predicted molar refractivity (Wildman–Crippen MR) is 51.4 cm³/mol. The van der Waals surface area contributed by atoms with Crippen LogP contribution in [-0.4, -0.2) is 26.3 Å². The van der Waals surface area contributed by atoms with E-state index in [0.717, 1.165) is 0 Å². The van der Waals surface area contributed by atoms with E-state index >= 15 is 0 Å². The van der Waals surface area contributed by atoms with Crippen LogP contribution in [0.4, 0.5) is 0 Å². The zero-order valence-corrected chi connectivity index (χ0v) is 8.79. The molecule has 0 bridgehead atoms. The van der Waals surface area contributed by atoms with E-state index in [9.17, 15) is 4.79 Å². The van der Waals surface area contributed by atoms with E-state index in [1.54, 1.807) is 13.8 Å². The molecule has 0 N–H and O–H groups in total. The maximum Gasteiger partial charge on any atom is 0.313 e. The van der Waals surface area contributed by atoms with Crippen molar-refractivity contribution in [1.29, 1.82) is 0 Å². The fourth-order valence-corrected chi connectivity index (χ4v) is 0.814. The summed E-state index contributed by atoms with van der Waals surface area (Å²) in [6, 6.07) is 0. The number of esters is 1. The van der Waals surface area contributed by atoms with Crippen LogP contribution in [0, 0.1) is 5.41 Å². The Balaban J connectivity index is 3.81. The van der Waals surface area contributed by atoms with Crippen molar-refractivity contribution in [3.8, 4) is 0 Å². The van der Waals surface area contributed by atoms with E-state index in [4.69, 9.17) is 4.74 Å². The monoisotopic (exact) mass is 186 g/mol. The van der Waals surface area contributed by atoms with Gasteiger partial charge in [-0.2, -0.15) is 0 Å². The van der Waals surface area contributed by atoms with Crippen LogP contribution in [0.25, 0.3) is 0 Å². The molecule has 3 nitrogen and oxygen atoms in total. The van der Waals surface area contributed by atoms with E-state index < -0.39 is 5.41 Å². The molecule has 13 heavy (non-hydrogen) atoms. The topological polar surface area (TPSA) is 35.5 Å². The molecule has 0 spiro atoms. The molecule has 0 aromatic rings. The molecule has 0 saturated heterocycles. The number of carbonyl (C=O) groups excluding carboxylic acids is 1. The maximum atomic E-state index is 11.2. The molecule has 0 aromatic heterocycles. The summed E-state index contributed by atoms with van der Waals surface area (Å²) in [7, 11) is 1.38. The van der Waals surface area contributed by atoms with E-state index in [-0.39, 0.29) is 5.97 Å². The Hall–Kier alpha value is -0.830. The second-order valence-corrected chi connectivity index (χ2v) is 3.46. The highest BCUT2D eigenvalue weighted by atomic mass is 16.5. The minimum atomic E-state index is -0.559. The molecule has 76 valence electrons. The Morgan fingerprint density at radius 1 is 1.46 bits per heavy atom. The first-order valence-corrected chi connectivity index (χ1v) is 4.32. The quantitative estimate of drug-likeness (QED) is 0.373. The minimum absolute atomic E-state index is 0.243. The van der Waals surface area contributed by atoms with Gasteiger partial charge < -0.3 is 9.47 Å². The standard InChI is InChI=1S/C10H18O3/c1-5-6-7-13-8-10(2,3)9(11)12-4/h5-6H,7-8H2,1-4H3. The Kier molecular flexibility index (Phi) is 5.39. The van der Waals surface area contributed by atoms with Crippen molar-refractivity contribution in [2.24, 2.45) is 5.41 Å². The van der Waals surface area contributed by atoms with Gasteiger partial charge in [-0.1, -0.05) is 12.2 Å². The molecule has 0 aliphatic rings. The molecule has 0 saturated carbocycles. The van der Waals surface area contributed by atoms with Crippen molar-refractivity contribution in [2.45, 2.75) is 20.8 Å². The van der Waals surface area contributed by atoms with Crippen molar-refractivity contribution in [3.63, 3.8) is 0 Å². The van der Waals surface area contributed by atoms with Gasteiger partial charge in [0.15, 0.2) is 0 Å². The SMILES string of the molecule is CC=CCOCC(C)(C)C(=O)OC. The Morgan fingerprint density at radius 3 is 2.54 bits per heavy atom. The Labute approximate surface area is 79.7 Å². The van der Waals surface area contributed by atoms with Crippen LogP contribution in [0.5, 0.6) is 0 Å². The average molecular weight is 186 g/mol. The lowest BCUT2D eigenvalue weighted by Crippen LogP contribution is -2.30. The van der Waals surface area contributed by atoms with Gasteiger partial charge in [-0.15, -0.1) is 0 Å². The second kappa shape index (κ2) is 5.75. The lowest BCUT2D eigenvalue weighted by Gasteiger charge is -2.20. The van der Waals surface area contributed by atoms with Gasteiger partial charge in [0.2, 0.25) is 0 Å². The molecule has 0 radical (unpaired) electrons. The van der Waals surface area contributed by atoms with Crippen LogP contribution >= 0.6 is 0 Å². The molecule has 0 aliphatic carbocycles. The van der Waals surface area contributed by atoms with E-state index in [1.165, 1.54) is 7.11 Å². The summed E-state index contributed by atoms with van der Waals surface area (Å²) in [5.41, 5.74) is -0.559. The van der Waals surface area contributed by atoms with E-state index in [1.807, 2.05) is 19.1 Å². The first kappa shape index (κ1) is 12.2. The van der Waals surface area contributed by atoms with Crippen molar-refractivity contribution in [1.82, 2.24) is 0 Å². The maximum absolute atomic E-state index is 11.2. The van der Waals surface area contributed by atoms with Crippen molar-refractivity contribution in [2.75, 3.05) is 20.3 Å². The number of hydrogen-bond donors (Lipinski definition) is 0. The highest BCUT2D eigenvalue weighted by Crippen LogP contribution is 2.16. The fourth-order valence-electron chi connectivity index (χ4n) is 0.814. The van der Waals surface area contributed by atoms with Crippen LogP contribution in [0.15, 0.2) is 12.2 Å². The van der Waals surface area contributed by atoms with Crippen molar-refractivity contribution in [3.05, 3.63) is 12.2 Å². The third-order valence-corrected chi connectivity index (χ3v) is 1.65. The van der Waals surface area contributed by atoms with Gasteiger partial charge >= 0.3 is 5.97 Å². The summed E-state index contributed by atoms with van der Waals surface area (Å²) >= 11 is 0. The van der Waals surface area contributed by atoms with Crippen LogP contribution in [-0.2, 0) is 14.3 Å². The molecular formula is C10H18O3. The van der Waals surface area contributed by atoms with Gasteiger partial charge in [0.1, 0.15) is 0 Å². The lowest BCUT2D eigenvalue weighted by atomic mass is 9.95. The summed E-state index contributed by atoms with van der Waals surface area (Å²) in [6.45, 7) is 6.44. The average Bonchev–Trinajstić information content (AvgIpc) is 2.11. The molecule has 0 aromatic carbocycles. The van der Waals surface area contributed by atoms with Crippen LogP contribution in [0.2, 0.25) is 0 Å². The van der Waals surface area contributed by atoms with Crippen LogP contribution in [0.3, 0.4) is 0 Å². The third kappa shape index (κ3) is 4.68. The highest BCUT2D eigenvalue weighted by molar-refractivity contribution is 5.75. The first-order valence-electron chi connectivity index (χ1n) is 4.32. The summed E-state index contributed by atoms with van der Waals surface area (Å²) in [6.07, 6.45) is 3.80. The molecule has 3 heteroatoms. The molecule has 0 atom stereocenters. The summed E-state index contributed by atoms with van der Waals surface area (Å²) in [5, 5.41) is 0. The second-order valence-electron chi connectivity index (χ2n) is 3.46. The smallest absolute Gasteiger partial charge is 0.313 e. The zero-order valence-electron chi connectivity index (χ0n) is 8.79. The van der Waals surface area contributed by atoms with Gasteiger partial charge in [-0.05, 0) is 20.8 Å².